The first-order valence-corrected chi connectivity index (χ1v) is 9.90. The molecule has 2 aromatic carbocycles. The third-order valence-electron chi connectivity index (χ3n) is 5.06. The van der Waals surface area contributed by atoms with Gasteiger partial charge in [0.15, 0.2) is 0 Å². The van der Waals surface area contributed by atoms with E-state index in [1.165, 1.54) is 24.3 Å². The maximum atomic E-state index is 13.0. The summed E-state index contributed by atoms with van der Waals surface area (Å²) in [6.45, 7) is 3.03. The molecule has 2 amide bonds. The first-order chi connectivity index (χ1) is 13.4. The highest BCUT2D eigenvalue weighted by molar-refractivity contribution is 6.30. The molecule has 1 saturated heterocycles. The lowest BCUT2D eigenvalue weighted by Crippen LogP contribution is -2.45. The summed E-state index contributed by atoms with van der Waals surface area (Å²) in [4.78, 5) is 26.8. The topological polar surface area (TPSA) is 49.4 Å². The maximum Gasteiger partial charge on any atom is 0.253 e. The number of piperidine rings is 1. The molecule has 3 rings (SSSR count). The number of carbonyl (C=O) groups is 2. The van der Waals surface area contributed by atoms with Gasteiger partial charge in [-0.2, -0.15) is 0 Å². The van der Waals surface area contributed by atoms with E-state index in [4.69, 9.17) is 11.6 Å². The molecule has 0 aliphatic carbocycles. The second-order valence-electron chi connectivity index (χ2n) is 7.32. The van der Waals surface area contributed by atoms with Gasteiger partial charge in [-0.3, -0.25) is 9.59 Å². The molecule has 1 heterocycles. The fourth-order valence-electron chi connectivity index (χ4n) is 3.55. The van der Waals surface area contributed by atoms with Gasteiger partial charge in [0.05, 0.1) is 0 Å². The van der Waals surface area contributed by atoms with Gasteiger partial charge in [-0.05, 0) is 68.1 Å². The number of halogens is 2. The van der Waals surface area contributed by atoms with Crippen LogP contribution in [0.4, 0.5) is 4.39 Å². The van der Waals surface area contributed by atoms with Crippen molar-refractivity contribution in [2.75, 3.05) is 13.1 Å². The summed E-state index contributed by atoms with van der Waals surface area (Å²) in [6, 6.07) is 13.2. The largest absolute Gasteiger partial charge is 0.353 e. The molecule has 28 heavy (non-hydrogen) atoms. The standard InChI is InChI=1S/C22H24ClFN2O2/c1-15(13-16-3-2-4-19(23)14-16)25-21(27)17-9-11-26(12-10-17)22(28)18-5-7-20(24)8-6-18/h2-8,14-15,17H,9-13H2,1H3,(H,25,27). The van der Waals surface area contributed by atoms with Gasteiger partial charge in [-0.1, -0.05) is 23.7 Å². The fourth-order valence-corrected chi connectivity index (χ4v) is 3.76. The molecule has 1 aliphatic rings. The zero-order chi connectivity index (χ0) is 20.1. The summed E-state index contributed by atoms with van der Waals surface area (Å²) >= 11 is 6.01. The second kappa shape index (κ2) is 9.20. The van der Waals surface area contributed by atoms with Gasteiger partial charge in [-0.25, -0.2) is 4.39 Å². The number of benzene rings is 2. The van der Waals surface area contributed by atoms with Gasteiger partial charge in [-0.15, -0.1) is 0 Å². The van der Waals surface area contributed by atoms with E-state index < -0.39 is 0 Å². The Morgan fingerprint density at radius 1 is 1.18 bits per heavy atom. The lowest BCUT2D eigenvalue weighted by molar-refractivity contribution is -0.126. The van der Waals surface area contributed by atoms with E-state index in [1.54, 1.807) is 4.90 Å². The molecular formula is C22H24ClFN2O2. The highest BCUT2D eigenvalue weighted by Gasteiger charge is 2.28. The predicted molar refractivity (Wildman–Crippen MR) is 108 cm³/mol. The Morgan fingerprint density at radius 2 is 1.86 bits per heavy atom. The van der Waals surface area contributed by atoms with E-state index in [1.807, 2.05) is 31.2 Å². The van der Waals surface area contributed by atoms with E-state index in [-0.39, 0.29) is 29.6 Å². The minimum Gasteiger partial charge on any atom is -0.353 e. The van der Waals surface area contributed by atoms with Gasteiger partial charge < -0.3 is 10.2 Å². The molecule has 1 fully saturated rings. The van der Waals surface area contributed by atoms with Crippen molar-refractivity contribution < 1.29 is 14.0 Å². The third kappa shape index (κ3) is 5.32. The quantitative estimate of drug-likeness (QED) is 0.819. The fraction of sp³-hybridized carbons (Fsp3) is 0.364. The molecule has 6 heteroatoms. The molecule has 0 radical (unpaired) electrons. The minimum absolute atomic E-state index is 0.00448. The number of hydrogen-bond acceptors (Lipinski definition) is 2. The molecule has 1 N–H and O–H groups in total. The van der Waals surface area contributed by atoms with Gasteiger partial charge in [0, 0.05) is 35.6 Å². The lowest BCUT2D eigenvalue weighted by Gasteiger charge is -2.32. The molecule has 0 spiro atoms. The monoisotopic (exact) mass is 402 g/mol. The summed E-state index contributed by atoms with van der Waals surface area (Å²) in [6.07, 6.45) is 1.97. The summed E-state index contributed by atoms with van der Waals surface area (Å²) < 4.78 is 13.0. The first kappa shape index (κ1) is 20.3. The molecule has 148 valence electrons. The highest BCUT2D eigenvalue weighted by Crippen LogP contribution is 2.20. The zero-order valence-corrected chi connectivity index (χ0v) is 16.6. The Hall–Kier alpha value is -2.40. The number of rotatable bonds is 5. The summed E-state index contributed by atoms with van der Waals surface area (Å²) in [5.74, 6) is -0.547. The molecular weight excluding hydrogens is 379 g/mol. The number of hydrogen-bond donors (Lipinski definition) is 1. The van der Waals surface area contributed by atoms with Crippen molar-refractivity contribution in [2.45, 2.75) is 32.2 Å². The maximum absolute atomic E-state index is 13.0. The van der Waals surface area contributed by atoms with Gasteiger partial charge >= 0.3 is 0 Å². The van der Waals surface area contributed by atoms with Crippen LogP contribution < -0.4 is 5.32 Å². The van der Waals surface area contributed by atoms with Crippen LogP contribution in [0.2, 0.25) is 5.02 Å². The predicted octanol–water partition coefficient (Wildman–Crippen LogP) is 4.08. The highest BCUT2D eigenvalue weighted by atomic mass is 35.5. The van der Waals surface area contributed by atoms with E-state index in [2.05, 4.69) is 5.32 Å². The Kier molecular flexibility index (Phi) is 6.68. The Labute approximate surface area is 169 Å². The van der Waals surface area contributed by atoms with Crippen LogP contribution in [-0.4, -0.2) is 35.8 Å². The number of nitrogens with zero attached hydrogens (tertiary/aromatic N) is 1. The molecule has 1 unspecified atom stereocenters. The Bertz CT molecular complexity index is 833. The summed E-state index contributed by atoms with van der Waals surface area (Å²) in [7, 11) is 0. The molecule has 2 aromatic rings. The molecule has 0 saturated carbocycles. The Morgan fingerprint density at radius 3 is 2.50 bits per heavy atom. The number of carbonyl (C=O) groups excluding carboxylic acids is 2. The second-order valence-corrected chi connectivity index (χ2v) is 7.75. The lowest BCUT2D eigenvalue weighted by atomic mass is 9.94. The number of nitrogens with one attached hydrogen (secondary N) is 1. The number of amides is 2. The summed E-state index contributed by atoms with van der Waals surface area (Å²) in [5.41, 5.74) is 1.56. The zero-order valence-electron chi connectivity index (χ0n) is 15.8. The van der Waals surface area contributed by atoms with Crippen LogP contribution in [0.25, 0.3) is 0 Å². The van der Waals surface area contributed by atoms with E-state index in [0.717, 1.165) is 5.56 Å². The normalized spacial score (nSPS) is 15.9. The van der Waals surface area contributed by atoms with Crippen LogP contribution in [0, 0.1) is 11.7 Å². The van der Waals surface area contributed by atoms with Crippen molar-refractivity contribution in [1.29, 1.82) is 0 Å². The van der Waals surface area contributed by atoms with Crippen LogP contribution in [0.5, 0.6) is 0 Å². The molecule has 0 aromatic heterocycles. The third-order valence-corrected chi connectivity index (χ3v) is 5.30. The van der Waals surface area contributed by atoms with Crippen LogP contribution >= 0.6 is 11.6 Å². The molecule has 0 bridgehead atoms. The van der Waals surface area contributed by atoms with Crippen LogP contribution in [0.1, 0.15) is 35.7 Å². The molecule has 1 aliphatic heterocycles. The smallest absolute Gasteiger partial charge is 0.253 e. The summed E-state index contributed by atoms with van der Waals surface area (Å²) in [5, 5.41) is 3.76. The SMILES string of the molecule is CC(Cc1cccc(Cl)c1)NC(=O)C1CCN(C(=O)c2ccc(F)cc2)CC1. The van der Waals surface area contributed by atoms with Gasteiger partial charge in [0.2, 0.25) is 5.91 Å². The van der Waals surface area contributed by atoms with Crippen molar-refractivity contribution in [3.63, 3.8) is 0 Å². The van der Waals surface area contributed by atoms with Crippen LogP contribution in [-0.2, 0) is 11.2 Å². The van der Waals surface area contributed by atoms with Crippen LogP contribution in [0.15, 0.2) is 48.5 Å². The van der Waals surface area contributed by atoms with Crippen molar-refractivity contribution in [3.05, 3.63) is 70.5 Å². The van der Waals surface area contributed by atoms with Gasteiger partial charge in [0.1, 0.15) is 5.82 Å². The van der Waals surface area contributed by atoms with Crippen LogP contribution in [0.3, 0.4) is 0 Å². The number of likely N-dealkylation sites (tertiary alicyclic amines) is 1. The van der Waals surface area contributed by atoms with Gasteiger partial charge in [0.25, 0.3) is 5.91 Å². The minimum atomic E-state index is -0.362. The van der Waals surface area contributed by atoms with Crippen molar-refractivity contribution in [1.82, 2.24) is 10.2 Å². The molecule has 4 nitrogen and oxygen atoms in total. The van der Waals surface area contributed by atoms with E-state index in [0.29, 0.717) is 42.9 Å². The first-order valence-electron chi connectivity index (χ1n) is 9.52. The Balaban J connectivity index is 1.48. The van der Waals surface area contributed by atoms with E-state index in [9.17, 15) is 14.0 Å². The average Bonchev–Trinajstić information content (AvgIpc) is 2.68. The van der Waals surface area contributed by atoms with E-state index >= 15 is 0 Å². The average molecular weight is 403 g/mol. The van der Waals surface area contributed by atoms with Crippen molar-refractivity contribution in [2.24, 2.45) is 5.92 Å². The van der Waals surface area contributed by atoms with Crippen molar-refractivity contribution >= 4 is 23.4 Å². The molecule has 1 atom stereocenters. The van der Waals surface area contributed by atoms with Crippen molar-refractivity contribution in [3.8, 4) is 0 Å².